The van der Waals surface area contributed by atoms with Gasteiger partial charge < -0.3 is 14.2 Å². The summed E-state index contributed by atoms with van der Waals surface area (Å²) >= 11 is 0. The highest BCUT2D eigenvalue weighted by Gasteiger charge is 2.18. The number of rotatable bonds is 6. The van der Waals surface area contributed by atoms with Crippen LogP contribution >= 0.6 is 0 Å². The summed E-state index contributed by atoms with van der Waals surface area (Å²) in [5, 5.41) is 3.42. The largest absolute Gasteiger partial charge is 0.493 e. The van der Waals surface area contributed by atoms with Crippen LogP contribution in [0.15, 0.2) is 23.3 Å². The lowest BCUT2D eigenvalue weighted by Gasteiger charge is -2.12. The first-order chi connectivity index (χ1) is 9.15. The molecule has 0 aliphatic carbocycles. The number of hydrogen-bond donors (Lipinski definition) is 0. The zero-order valence-corrected chi connectivity index (χ0v) is 11.0. The van der Waals surface area contributed by atoms with Gasteiger partial charge in [0.05, 0.1) is 21.3 Å². The zero-order valence-electron chi connectivity index (χ0n) is 11.0. The fourth-order valence-electron chi connectivity index (χ4n) is 1.60. The third-order valence-corrected chi connectivity index (χ3v) is 2.54. The monoisotopic (exact) mass is 265 g/mol. The molecule has 0 aromatic heterocycles. The molecule has 0 bridgehead atoms. The third kappa shape index (κ3) is 3.79. The Morgan fingerprint density at radius 1 is 1.32 bits per heavy atom. The Morgan fingerprint density at radius 2 is 2.00 bits per heavy atom. The molecule has 1 aromatic carbocycles. The molecule has 0 unspecified atom stereocenters. The van der Waals surface area contributed by atoms with Crippen LogP contribution < -0.4 is 9.47 Å². The Balaban J connectivity index is 2.96. The lowest BCUT2D eigenvalue weighted by Crippen LogP contribution is -2.22. The van der Waals surface area contributed by atoms with Crippen molar-refractivity contribution in [1.82, 2.24) is 0 Å². The molecule has 0 N–H and O–H groups in total. The Morgan fingerprint density at radius 3 is 2.53 bits per heavy atom. The summed E-state index contributed by atoms with van der Waals surface area (Å²) < 4.78 is 14.9. The van der Waals surface area contributed by atoms with E-state index in [0.29, 0.717) is 11.5 Å². The van der Waals surface area contributed by atoms with Crippen LogP contribution in [0.5, 0.6) is 11.5 Å². The van der Waals surface area contributed by atoms with Crippen molar-refractivity contribution in [2.24, 2.45) is 5.11 Å². The molecule has 7 heteroatoms. The molecule has 102 valence electrons. The molecule has 0 fully saturated rings. The molecule has 19 heavy (non-hydrogen) atoms. The quantitative estimate of drug-likeness (QED) is 0.340. The average molecular weight is 265 g/mol. The molecule has 0 heterocycles. The number of azide groups is 1. The summed E-state index contributed by atoms with van der Waals surface area (Å²) in [6.07, 6.45) is 0.233. The molecule has 0 aliphatic rings. The predicted molar refractivity (Wildman–Crippen MR) is 68.2 cm³/mol. The van der Waals surface area contributed by atoms with E-state index in [4.69, 9.17) is 15.0 Å². The van der Waals surface area contributed by atoms with Gasteiger partial charge in [-0.25, -0.2) is 0 Å². The number of ether oxygens (including phenoxy) is 3. The van der Waals surface area contributed by atoms with E-state index in [-0.39, 0.29) is 6.42 Å². The van der Waals surface area contributed by atoms with Gasteiger partial charge in [0.2, 0.25) is 0 Å². The van der Waals surface area contributed by atoms with Crippen LogP contribution in [0.25, 0.3) is 10.4 Å². The van der Waals surface area contributed by atoms with Crippen molar-refractivity contribution < 1.29 is 19.0 Å². The molecule has 7 nitrogen and oxygen atoms in total. The lowest BCUT2D eigenvalue weighted by molar-refractivity contribution is -0.142. The predicted octanol–water partition coefficient (Wildman–Crippen LogP) is 2.10. The van der Waals surface area contributed by atoms with Gasteiger partial charge in [-0.1, -0.05) is 11.2 Å². The first kappa shape index (κ1) is 14.7. The summed E-state index contributed by atoms with van der Waals surface area (Å²) in [7, 11) is 4.30. The number of carbonyl (C=O) groups is 1. The van der Waals surface area contributed by atoms with Crippen LogP contribution in [-0.4, -0.2) is 33.3 Å². The van der Waals surface area contributed by atoms with Gasteiger partial charge in [0, 0.05) is 4.91 Å². The van der Waals surface area contributed by atoms with Gasteiger partial charge in [-0.3, -0.25) is 4.79 Å². The second-order valence-corrected chi connectivity index (χ2v) is 3.64. The van der Waals surface area contributed by atoms with Crippen molar-refractivity contribution >= 4 is 5.97 Å². The minimum absolute atomic E-state index is 0.233. The van der Waals surface area contributed by atoms with E-state index in [1.165, 1.54) is 21.3 Å². The van der Waals surface area contributed by atoms with E-state index in [1.807, 2.05) is 0 Å². The SMILES string of the molecule is COC(=O)[C@H](Cc1ccc(OC)c(OC)c1)N=[N+]=[N-]. The van der Waals surface area contributed by atoms with Crippen molar-refractivity contribution in [3.05, 3.63) is 34.2 Å². The van der Waals surface area contributed by atoms with Gasteiger partial charge in [0.25, 0.3) is 0 Å². The van der Waals surface area contributed by atoms with Gasteiger partial charge in [-0.05, 0) is 29.6 Å². The van der Waals surface area contributed by atoms with E-state index >= 15 is 0 Å². The molecule has 0 aliphatic heterocycles. The molecular formula is C12H15N3O4. The highest BCUT2D eigenvalue weighted by atomic mass is 16.5. The number of methoxy groups -OCH3 is 3. The Kier molecular flexibility index (Phi) is 5.50. The molecule has 1 atom stereocenters. The Labute approximate surface area is 110 Å². The van der Waals surface area contributed by atoms with Crippen LogP contribution in [0.2, 0.25) is 0 Å². The summed E-state index contributed by atoms with van der Waals surface area (Å²) in [4.78, 5) is 14.1. The topological polar surface area (TPSA) is 93.5 Å². The normalized spacial score (nSPS) is 11.1. The molecule has 0 saturated heterocycles. The maximum absolute atomic E-state index is 11.4. The number of nitrogens with zero attached hydrogens (tertiary/aromatic N) is 3. The van der Waals surface area contributed by atoms with Crippen LogP contribution in [0.1, 0.15) is 5.56 Å². The number of hydrogen-bond acceptors (Lipinski definition) is 5. The average Bonchev–Trinajstić information content (AvgIpc) is 2.45. The Hall–Kier alpha value is -2.40. The van der Waals surface area contributed by atoms with E-state index in [2.05, 4.69) is 14.8 Å². The van der Waals surface area contributed by atoms with Gasteiger partial charge >= 0.3 is 5.97 Å². The minimum atomic E-state index is -0.895. The third-order valence-electron chi connectivity index (χ3n) is 2.54. The maximum Gasteiger partial charge on any atom is 0.314 e. The number of benzene rings is 1. The summed E-state index contributed by atoms with van der Waals surface area (Å²) in [5.41, 5.74) is 9.23. The summed E-state index contributed by atoms with van der Waals surface area (Å²) in [6, 6.07) is 4.32. The molecule has 1 aromatic rings. The molecule has 1 rings (SSSR count). The first-order valence-corrected chi connectivity index (χ1v) is 5.49. The van der Waals surface area contributed by atoms with Crippen molar-refractivity contribution in [2.75, 3.05) is 21.3 Å². The van der Waals surface area contributed by atoms with Crippen molar-refractivity contribution in [2.45, 2.75) is 12.5 Å². The van der Waals surface area contributed by atoms with Crippen LogP contribution in [0.3, 0.4) is 0 Å². The fourth-order valence-corrected chi connectivity index (χ4v) is 1.60. The van der Waals surface area contributed by atoms with E-state index in [1.54, 1.807) is 18.2 Å². The second-order valence-electron chi connectivity index (χ2n) is 3.64. The van der Waals surface area contributed by atoms with Crippen molar-refractivity contribution in [1.29, 1.82) is 0 Å². The maximum atomic E-state index is 11.4. The molecule has 0 radical (unpaired) electrons. The van der Waals surface area contributed by atoms with Crippen molar-refractivity contribution in [3.8, 4) is 11.5 Å². The fraction of sp³-hybridized carbons (Fsp3) is 0.417. The van der Waals surface area contributed by atoms with Crippen LogP contribution in [-0.2, 0) is 16.0 Å². The number of carbonyl (C=O) groups excluding carboxylic acids is 1. The van der Waals surface area contributed by atoms with Gasteiger partial charge in [-0.15, -0.1) is 0 Å². The first-order valence-electron chi connectivity index (χ1n) is 5.49. The minimum Gasteiger partial charge on any atom is -0.493 e. The molecular weight excluding hydrogens is 250 g/mol. The Bertz CT molecular complexity index is 498. The van der Waals surface area contributed by atoms with Gasteiger partial charge in [-0.2, -0.15) is 0 Å². The molecule has 0 amide bonds. The highest BCUT2D eigenvalue weighted by molar-refractivity contribution is 5.76. The van der Waals surface area contributed by atoms with Crippen molar-refractivity contribution in [3.63, 3.8) is 0 Å². The standard InChI is InChI=1S/C12H15N3O4/c1-17-10-5-4-8(7-11(10)18-2)6-9(14-15-13)12(16)19-3/h4-5,7,9H,6H2,1-3H3/t9-/m0/s1. The summed E-state index contributed by atoms with van der Waals surface area (Å²) in [6.45, 7) is 0. The smallest absolute Gasteiger partial charge is 0.314 e. The van der Waals surface area contributed by atoms with E-state index < -0.39 is 12.0 Å². The van der Waals surface area contributed by atoms with Gasteiger partial charge in [0.1, 0.15) is 6.04 Å². The molecule has 0 spiro atoms. The van der Waals surface area contributed by atoms with Crippen LogP contribution in [0.4, 0.5) is 0 Å². The van der Waals surface area contributed by atoms with Crippen LogP contribution in [0, 0.1) is 0 Å². The molecule has 0 saturated carbocycles. The summed E-state index contributed by atoms with van der Waals surface area (Å²) in [5.74, 6) is 0.557. The zero-order chi connectivity index (χ0) is 14.3. The lowest BCUT2D eigenvalue weighted by atomic mass is 10.1. The van der Waals surface area contributed by atoms with E-state index in [0.717, 1.165) is 5.56 Å². The second kappa shape index (κ2) is 7.13. The highest BCUT2D eigenvalue weighted by Crippen LogP contribution is 2.28. The number of esters is 1. The van der Waals surface area contributed by atoms with Gasteiger partial charge in [0.15, 0.2) is 11.5 Å². The van der Waals surface area contributed by atoms with E-state index in [9.17, 15) is 4.79 Å².